The summed E-state index contributed by atoms with van der Waals surface area (Å²) in [6, 6.07) is 1.53. The van der Waals surface area contributed by atoms with Crippen molar-refractivity contribution in [2.45, 2.75) is 112 Å². The summed E-state index contributed by atoms with van der Waals surface area (Å²) in [5.74, 6) is -0.0831. The summed E-state index contributed by atoms with van der Waals surface area (Å²) in [4.78, 5) is 0. The fraction of sp³-hybridized carbons (Fsp3) is 0.760. The molecule has 0 aromatic heterocycles. The van der Waals surface area contributed by atoms with Gasteiger partial charge in [-0.15, -0.1) is 0 Å². The Labute approximate surface area is 173 Å². The second-order valence-corrected chi connectivity index (χ2v) is 10.4. The van der Waals surface area contributed by atoms with Crippen molar-refractivity contribution in [1.29, 1.82) is 0 Å². The van der Waals surface area contributed by atoms with E-state index in [1.165, 1.54) is 31.7 Å². The van der Waals surface area contributed by atoms with Crippen LogP contribution in [-0.4, -0.2) is 15.3 Å². The van der Waals surface area contributed by atoms with Gasteiger partial charge in [-0.2, -0.15) is 0 Å². The molecule has 1 rings (SSSR count). The summed E-state index contributed by atoms with van der Waals surface area (Å²) in [5.41, 5.74) is 1.99. The minimum atomic E-state index is -0.154. The monoisotopic (exact) mass is 392 g/mol. The van der Waals surface area contributed by atoms with Crippen LogP contribution in [0.1, 0.15) is 110 Å². The summed E-state index contributed by atoms with van der Waals surface area (Å²) in [7, 11) is 0. The van der Waals surface area contributed by atoms with E-state index >= 15 is 0 Å². The Morgan fingerprint density at radius 1 is 0.714 bits per heavy atom. The molecule has 28 heavy (non-hydrogen) atoms. The first-order valence-electron chi connectivity index (χ1n) is 11.2. The normalized spacial score (nSPS) is 12.5. The molecule has 0 unspecified atom stereocenters. The van der Waals surface area contributed by atoms with Gasteiger partial charge in [0.1, 0.15) is 5.75 Å². The van der Waals surface area contributed by atoms with Crippen molar-refractivity contribution >= 4 is 0 Å². The Morgan fingerprint density at radius 3 is 1.89 bits per heavy atom. The number of unbranched alkanes of at least 4 members (excludes halogenated alkanes) is 4. The number of benzene rings is 1. The predicted octanol–water partition coefficient (Wildman–Crippen LogP) is 7.49. The molecule has 0 spiro atoms. The lowest BCUT2D eigenvalue weighted by Gasteiger charge is -2.22. The lowest BCUT2D eigenvalue weighted by molar-refractivity contribution is 0.307. The molecule has 3 N–H and O–H groups in total. The van der Waals surface area contributed by atoms with E-state index in [-0.39, 0.29) is 17.2 Å². The molecule has 162 valence electrons. The molecule has 0 saturated heterocycles. The number of aromatic hydroxyl groups is 3. The Hall–Kier alpha value is -1.38. The topological polar surface area (TPSA) is 60.7 Å². The van der Waals surface area contributed by atoms with E-state index in [0.29, 0.717) is 22.8 Å². The van der Waals surface area contributed by atoms with E-state index in [2.05, 4.69) is 41.5 Å². The van der Waals surface area contributed by atoms with E-state index in [0.717, 1.165) is 44.1 Å². The molecular formula is C25H44O3. The highest BCUT2D eigenvalue weighted by Crippen LogP contribution is 2.40. The molecule has 0 saturated carbocycles. The maximum atomic E-state index is 10.6. The van der Waals surface area contributed by atoms with Crippen LogP contribution in [0.5, 0.6) is 17.2 Å². The molecule has 0 amide bonds. The van der Waals surface area contributed by atoms with Gasteiger partial charge >= 0.3 is 0 Å². The second kappa shape index (κ2) is 11.0. The molecule has 0 bridgehead atoms. The van der Waals surface area contributed by atoms with Crippen LogP contribution in [0.3, 0.4) is 0 Å². The first-order chi connectivity index (χ1) is 13.0. The summed E-state index contributed by atoms with van der Waals surface area (Å²) in [6.45, 7) is 13.6. The highest BCUT2D eigenvalue weighted by Gasteiger charge is 2.18. The third-order valence-electron chi connectivity index (χ3n) is 6.04. The van der Waals surface area contributed by atoms with E-state index in [1.807, 2.05) is 0 Å². The van der Waals surface area contributed by atoms with Crippen molar-refractivity contribution in [2.24, 2.45) is 10.8 Å². The molecule has 0 fully saturated rings. The van der Waals surface area contributed by atoms with Gasteiger partial charge in [0.2, 0.25) is 0 Å². The molecule has 3 heteroatoms. The first-order valence-corrected chi connectivity index (χ1v) is 11.2. The SMILES string of the molecule is CCC(C)(C)CCCCCCc1cc(O)c(O)c(CCCCC(C)(C)C)c1O. The third kappa shape index (κ3) is 8.75. The Morgan fingerprint density at radius 2 is 1.29 bits per heavy atom. The average molecular weight is 393 g/mol. The van der Waals surface area contributed by atoms with Crippen molar-refractivity contribution in [1.82, 2.24) is 0 Å². The summed E-state index contributed by atoms with van der Waals surface area (Å²) < 4.78 is 0. The Kier molecular flexibility index (Phi) is 9.66. The van der Waals surface area contributed by atoms with Gasteiger partial charge < -0.3 is 15.3 Å². The Bertz CT molecular complexity index is 597. The minimum Gasteiger partial charge on any atom is -0.507 e. The number of hydrogen-bond acceptors (Lipinski definition) is 3. The molecule has 0 radical (unpaired) electrons. The van der Waals surface area contributed by atoms with Crippen molar-refractivity contribution in [3.05, 3.63) is 17.2 Å². The molecular weight excluding hydrogens is 348 g/mol. The van der Waals surface area contributed by atoms with Gasteiger partial charge in [0.05, 0.1) is 0 Å². The number of phenols is 3. The molecule has 0 aliphatic rings. The van der Waals surface area contributed by atoms with Crippen molar-refractivity contribution in [2.75, 3.05) is 0 Å². The van der Waals surface area contributed by atoms with Crippen molar-refractivity contribution in [3.63, 3.8) is 0 Å². The zero-order chi connectivity index (χ0) is 21.4. The number of hydrogen-bond donors (Lipinski definition) is 3. The zero-order valence-electron chi connectivity index (χ0n) is 19.2. The van der Waals surface area contributed by atoms with Gasteiger partial charge in [-0.3, -0.25) is 0 Å². The van der Waals surface area contributed by atoms with Crippen LogP contribution in [0.25, 0.3) is 0 Å². The van der Waals surface area contributed by atoms with Crippen LogP contribution in [-0.2, 0) is 12.8 Å². The third-order valence-corrected chi connectivity index (χ3v) is 6.04. The minimum absolute atomic E-state index is 0.108. The van der Waals surface area contributed by atoms with E-state index < -0.39 is 0 Å². The van der Waals surface area contributed by atoms with Crippen molar-refractivity contribution in [3.8, 4) is 17.2 Å². The largest absolute Gasteiger partial charge is 0.507 e. The average Bonchev–Trinajstić information content (AvgIpc) is 2.60. The fourth-order valence-electron chi connectivity index (χ4n) is 3.60. The standard InChI is InChI=1S/C25H44O3/c1-7-25(5,6)17-12-9-8-10-14-19-18-21(26)23(28)20(22(19)27)15-11-13-16-24(2,3)4/h18,26-28H,7-17H2,1-6H3. The number of phenolic OH excluding ortho intramolecular Hbond substituents is 3. The maximum absolute atomic E-state index is 10.6. The predicted molar refractivity (Wildman–Crippen MR) is 119 cm³/mol. The second-order valence-electron chi connectivity index (χ2n) is 10.4. The van der Waals surface area contributed by atoms with Crippen molar-refractivity contribution < 1.29 is 15.3 Å². The number of aryl methyl sites for hydroxylation is 1. The van der Waals surface area contributed by atoms with Crippen LogP contribution in [0.4, 0.5) is 0 Å². The van der Waals surface area contributed by atoms with E-state index in [1.54, 1.807) is 0 Å². The van der Waals surface area contributed by atoms with Gasteiger partial charge in [0.25, 0.3) is 0 Å². The number of rotatable bonds is 12. The van der Waals surface area contributed by atoms with E-state index in [4.69, 9.17) is 0 Å². The highest BCUT2D eigenvalue weighted by atomic mass is 16.3. The first kappa shape index (κ1) is 24.7. The summed E-state index contributed by atoms with van der Waals surface area (Å²) in [6.07, 6.45) is 11.4. The van der Waals surface area contributed by atoms with Crippen LogP contribution >= 0.6 is 0 Å². The van der Waals surface area contributed by atoms with Crippen LogP contribution in [0.15, 0.2) is 6.07 Å². The quantitative estimate of drug-likeness (QED) is 0.196. The van der Waals surface area contributed by atoms with Crippen LogP contribution in [0, 0.1) is 10.8 Å². The fourth-order valence-corrected chi connectivity index (χ4v) is 3.60. The summed E-state index contributed by atoms with van der Waals surface area (Å²) >= 11 is 0. The smallest absolute Gasteiger partial charge is 0.164 e. The van der Waals surface area contributed by atoms with E-state index in [9.17, 15) is 15.3 Å². The van der Waals surface area contributed by atoms with Gasteiger partial charge in [-0.05, 0) is 61.0 Å². The van der Waals surface area contributed by atoms with Gasteiger partial charge in [-0.1, -0.05) is 73.6 Å². The molecule has 3 nitrogen and oxygen atoms in total. The zero-order valence-corrected chi connectivity index (χ0v) is 19.2. The molecule has 0 heterocycles. The molecule has 1 aromatic rings. The maximum Gasteiger partial charge on any atom is 0.164 e. The lowest BCUT2D eigenvalue weighted by atomic mass is 9.84. The van der Waals surface area contributed by atoms with Gasteiger partial charge in [-0.25, -0.2) is 0 Å². The molecule has 1 aromatic carbocycles. The molecule has 0 atom stereocenters. The van der Waals surface area contributed by atoms with Crippen LogP contribution in [0.2, 0.25) is 0 Å². The van der Waals surface area contributed by atoms with Gasteiger partial charge in [0, 0.05) is 5.56 Å². The molecule has 0 aliphatic heterocycles. The molecule has 0 aliphatic carbocycles. The van der Waals surface area contributed by atoms with Crippen LogP contribution < -0.4 is 0 Å². The summed E-state index contributed by atoms with van der Waals surface area (Å²) in [5, 5.41) is 30.9. The lowest BCUT2D eigenvalue weighted by Crippen LogP contribution is -2.08. The highest BCUT2D eigenvalue weighted by molar-refractivity contribution is 5.56. The van der Waals surface area contributed by atoms with Gasteiger partial charge in [0.15, 0.2) is 11.5 Å². The Balaban J connectivity index is 2.55.